The molecular formula is C10H12F3NO2. The molecule has 0 saturated heterocycles. The predicted octanol–water partition coefficient (Wildman–Crippen LogP) is 2.03. The van der Waals surface area contributed by atoms with Crippen molar-refractivity contribution in [3.63, 3.8) is 0 Å². The molecule has 1 aromatic rings. The Labute approximate surface area is 90.9 Å². The summed E-state index contributed by atoms with van der Waals surface area (Å²) >= 11 is 0. The zero-order valence-corrected chi connectivity index (χ0v) is 8.88. The van der Waals surface area contributed by atoms with Gasteiger partial charge in [0.15, 0.2) is 0 Å². The standard InChI is InChI=1S/C10H12F3NO2/c1-6(15)3-7-4-8(10(11,12)13)9(16-2)14-5-7/h4-6,15H,3H2,1-2H3. The summed E-state index contributed by atoms with van der Waals surface area (Å²) in [5.74, 6) is -0.457. The molecule has 6 heteroatoms. The zero-order valence-electron chi connectivity index (χ0n) is 8.88. The Morgan fingerprint density at radius 1 is 1.50 bits per heavy atom. The van der Waals surface area contributed by atoms with E-state index in [1.807, 2.05) is 0 Å². The number of halogens is 3. The number of rotatable bonds is 3. The largest absolute Gasteiger partial charge is 0.481 e. The minimum Gasteiger partial charge on any atom is -0.481 e. The third-order valence-electron chi connectivity index (χ3n) is 1.94. The molecule has 90 valence electrons. The number of nitrogens with zero attached hydrogens (tertiary/aromatic N) is 1. The number of pyridine rings is 1. The maximum atomic E-state index is 12.6. The molecule has 1 rings (SSSR count). The molecule has 1 atom stereocenters. The van der Waals surface area contributed by atoms with Crippen LogP contribution in [-0.4, -0.2) is 23.3 Å². The highest BCUT2D eigenvalue weighted by atomic mass is 19.4. The number of hydrogen-bond acceptors (Lipinski definition) is 3. The van der Waals surface area contributed by atoms with Crippen molar-refractivity contribution in [2.45, 2.75) is 25.6 Å². The number of aromatic nitrogens is 1. The van der Waals surface area contributed by atoms with Gasteiger partial charge in [-0.05, 0) is 25.0 Å². The second-order valence-corrected chi connectivity index (χ2v) is 3.45. The molecule has 0 radical (unpaired) electrons. The van der Waals surface area contributed by atoms with Crippen LogP contribution in [0.25, 0.3) is 0 Å². The zero-order chi connectivity index (χ0) is 12.3. The van der Waals surface area contributed by atoms with E-state index in [0.29, 0.717) is 5.56 Å². The first-order valence-corrected chi connectivity index (χ1v) is 4.62. The fourth-order valence-electron chi connectivity index (χ4n) is 1.31. The van der Waals surface area contributed by atoms with E-state index in [1.165, 1.54) is 13.1 Å². The second-order valence-electron chi connectivity index (χ2n) is 3.45. The number of alkyl halides is 3. The molecule has 0 bridgehead atoms. The van der Waals surface area contributed by atoms with Gasteiger partial charge in [0.25, 0.3) is 0 Å². The normalized spacial score (nSPS) is 13.6. The van der Waals surface area contributed by atoms with Crippen LogP contribution in [-0.2, 0) is 12.6 Å². The maximum Gasteiger partial charge on any atom is 0.421 e. The Balaban J connectivity index is 3.12. The molecule has 0 saturated carbocycles. The van der Waals surface area contributed by atoms with Crippen LogP contribution in [0.15, 0.2) is 12.3 Å². The summed E-state index contributed by atoms with van der Waals surface area (Å²) in [5, 5.41) is 9.09. The molecule has 1 N–H and O–H groups in total. The predicted molar refractivity (Wildman–Crippen MR) is 51.2 cm³/mol. The number of hydrogen-bond donors (Lipinski definition) is 1. The summed E-state index contributed by atoms with van der Waals surface area (Å²) in [6.07, 6.45) is -3.83. The van der Waals surface area contributed by atoms with Gasteiger partial charge in [0.05, 0.1) is 13.2 Å². The van der Waals surface area contributed by atoms with E-state index in [4.69, 9.17) is 5.11 Å². The van der Waals surface area contributed by atoms with Crippen LogP contribution in [0.3, 0.4) is 0 Å². The van der Waals surface area contributed by atoms with Gasteiger partial charge in [0, 0.05) is 6.20 Å². The van der Waals surface area contributed by atoms with Crippen molar-refractivity contribution in [1.82, 2.24) is 4.98 Å². The summed E-state index contributed by atoms with van der Waals surface area (Å²) < 4.78 is 42.2. The van der Waals surface area contributed by atoms with Crippen molar-refractivity contribution in [2.24, 2.45) is 0 Å². The lowest BCUT2D eigenvalue weighted by molar-refractivity contribution is -0.139. The van der Waals surface area contributed by atoms with E-state index < -0.39 is 23.7 Å². The first-order chi connectivity index (χ1) is 7.34. The number of ether oxygens (including phenoxy) is 1. The van der Waals surface area contributed by atoms with Crippen LogP contribution in [0.2, 0.25) is 0 Å². The molecule has 0 amide bonds. The monoisotopic (exact) mass is 235 g/mol. The Morgan fingerprint density at radius 2 is 2.12 bits per heavy atom. The fraction of sp³-hybridized carbons (Fsp3) is 0.500. The first-order valence-electron chi connectivity index (χ1n) is 4.62. The minimum atomic E-state index is -4.51. The molecule has 1 unspecified atom stereocenters. The van der Waals surface area contributed by atoms with Gasteiger partial charge in [-0.2, -0.15) is 13.2 Å². The van der Waals surface area contributed by atoms with Crippen LogP contribution >= 0.6 is 0 Å². The second kappa shape index (κ2) is 4.69. The highest BCUT2D eigenvalue weighted by Gasteiger charge is 2.35. The van der Waals surface area contributed by atoms with E-state index in [-0.39, 0.29) is 6.42 Å². The third kappa shape index (κ3) is 3.10. The Hall–Kier alpha value is -1.30. The molecule has 0 aliphatic carbocycles. The van der Waals surface area contributed by atoms with E-state index in [1.54, 1.807) is 0 Å². The molecule has 0 aromatic carbocycles. The molecule has 0 aliphatic rings. The molecule has 1 heterocycles. The Kier molecular flexibility index (Phi) is 3.74. The maximum absolute atomic E-state index is 12.6. The summed E-state index contributed by atoms with van der Waals surface area (Å²) in [5.41, 5.74) is -0.601. The quantitative estimate of drug-likeness (QED) is 0.871. The smallest absolute Gasteiger partial charge is 0.421 e. The number of aliphatic hydroxyl groups excluding tert-OH is 1. The van der Waals surface area contributed by atoms with Gasteiger partial charge >= 0.3 is 6.18 Å². The lowest BCUT2D eigenvalue weighted by Crippen LogP contribution is -2.11. The van der Waals surface area contributed by atoms with Crippen molar-refractivity contribution in [2.75, 3.05) is 7.11 Å². The van der Waals surface area contributed by atoms with Crippen LogP contribution in [0.4, 0.5) is 13.2 Å². The average molecular weight is 235 g/mol. The van der Waals surface area contributed by atoms with Crippen LogP contribution in [0.5, 0.6) is 5.88 Å². The summed E-state index contributed by atoms with van der Waals surface area (Å²) in [4.78, 5) is 3.56. The van der Waals surface area contributed by atoms with Gasteiger partial charge in [-0.15, -0.1) is 0 Å². The van der Waals surface area contributed by atoms with E-state index in [9.17, 15) is 13.2 Å². The molecule has 16 heavy (non-hydrogen) atoms. The van der Waals surface area contributed by atoms with Crippen LogP contribution < -0.4 is 4.74 Å². The Morgan fingerprint density at radius 3 is 2.56 bits per heavy atom. The molecule has 0 aliphatic heterocycles. The van der Waals surface area contributed by atoms with Crippen molar-refractivity contribution in [3.05, 3.63) is 23.4 Å². The summed E-state index contributed by atoms with van der Waals surface area (Å²) in [7, 11) is 1.13. The van der Waals surface area contributed by atoms with Gasteiger partial charge < -0.3 is 9.84 Å². The van der Waals surface area contributed by atoms with Gasteiger partial charge in [-0.25, -0.2) is 4.98 Å². The van der Waals surface area contributed by atoms with Gasteiger partial charge in [0.2, 0.25) is 5.88 Å². The summed E-state index contributed by atoms with van der Waals surface area (Å²) in [6.45, 7) is 1.50. The summed E-state index contributed by atoms with van der Waals surface area (Å²) in [6, 6.07) is 0.943. The molecule has 3 nitrogen and oxygen atoms in total. The van der Waals surface area contributed by atoms with E-state index >= 15 is 0 Å². The highest BCUT2D eigenvalue weighted by Crippen LogP contribution is 2.35. The van der Waals surface area contributed by atoms with Gasteiger partial charge in [0.1, 0.15) is 5.56 Å². The Bertz CT molecular complexity index is 364. The molecule has 0 spiro atoms. The third-order valence-corrected chi connectivity index (χ3v) is 1.94. The number of aliphatic hydroxyl groups is 1. The molecule has 0 fully saturated rings. The minimum absolute atomic E-state index is 0.125. The lowest BCUT2D eigenvalue weighted by Gasteiger charge is -2.12. The van der Waals surface area contributed by atoms with Gasteiger partial charge in [-0.1, -0.05) is 0 Å². The highest BCUT2D eigenvalue weighted by molar-refractivity contribution is 5.32. The lowest BCUT2D eigenvalue weighted by atomic mass is 10.1. The average Bonchev–Trinajstić information content (AvgIpc) is 2.15. The van der Waals surface area contributed by atoms with Crippen molar-refractivity contribution in [3.8, 4) is 5.88 Å². The van der Waals surface area contributed by atoms with E-state index in [2.05, 4.69) is 9.72 Å². The van der Waals surface area contributed by atoms with Crippen LogP contribution in [0, 0.1) is 0 Å². The SMILES string of the molecule is COc1ncc(CC(C)O)cc1C(F)(F)F. The van der Waals surface area contributed by atoms with Crippen LogP contribution in [0.1, 0.15) is 18.1 Å². The van der Waals surface area contributed by atoms with E-state index in [0.717, 1.165) is 13.2 Å². The van der Waals surface area contributed by atoms with Crippen molar-refractivity contribution < 1.29 is 23.0 Å². The first kappa shape index (κ1) is 12.8. The topological polar surface area (TPSA) is 42.4 Å². The van der Waals surface area contributed by atoms with Gasteiger partial charge in [-0.3, -0.25) is 0 Å². The molecule has 1 aromatic heterocycles. The molecular weight excluding hydrogens is 223 g/mol. The van der Waals surface area contributed by atoms with Crippen molar-refractivity contribution >= 4 is 0 Å². The van der Waals surface area contributed by atoms with Crippen molar-refractivity contribution in [1.29, 1.82) is 0 Å². The fourth-order valence-corrected chi connectivity index (χ4v) is 1.31. The number of methoxy groups -OCH3 is 1.